The third kappa shape index (κ3) is 2.55. The van der Waals surface area contributed by atoms with E-state index in [4.69, 9.17) is 4.74 Å². The lowest BCUT2D eigenvalue weighted by Gasteiger charge is -2.23. The second-order valence-corrected chi connectivity index (χ2v) is 4.33. The van der Waals surface area contributed by atoms with Crippen LogP contribution >= 0.6 is 0 Å². The molecule has 0 saturated heterocycles. The van der Waals surface area contributed by atoms with Crippen molar-refractivity contribution in [2.45, 2.75) is 25.8 Å². The van der Waals surface area contributed by atoms with Crippen LogP contribution in [0.15, 0.2) is 30.7 Å². The van der Waals surface area contributed by atoms with Crippen LogP contribution < -0.4 is 5.32 Å². The summed E-state index contributed by atoms with van der Waals surface area (Å²) >= 11 is 0. The fourth-order valence-electron chi connectivity index (χ4n) is 1.99. The third-order valence-corrected chi connectivity index (χ3v) is 2.99. The summed E-state index contributed by atoms with van der Waals surface area (Å²) in [7, 11) is 0. The minimum absolute atomic E-state index is 0.154. The predicted octanol–water partition coefficient (Wildman–Crippen LogP) is 0.362. The van der Waals surface area contributed by atoms with Crippen molar-refractivity contribution in [3.8, 4) is 0 Å². The summed E-state index contributed by atoms with van der Waals surface area (Å²) in [6.45, 7) is 2.99. The van der Waals surface area contributed by atoms with Crippen LogP contribution in [0.3, 0.4) is 0 Å². The van der Waals surface area contributed by atoms with E-state index in [0.717, 1.165) is 25.3 Å². The van der Waals surface area contributed by atoms with Crippen molar-refractivity contribution in [2.24, 2.45) is 0 Å². The lowest BCUT2D eigenvalue weighted by molar-refractivity contribution is 0.000980. The molecule has 0 spiro atoms. The van der Waals surface area contributed by atoms with E-state index < -0.39 is 0 Å². The van der Waals surface area contributed by atoms with Gasteiger partial charge in [0.05, 0.1) is 31.1 Å². The van der Waals surface area contributed by atoms with E-state index in [9.17, 15) is 0 Å². The first-order valence-electron chi connectivity index (χ1n) is 6.00. The highest BCUT2D eigenvalue weighted by Gasteiger charge is 2.19. The molecule has 2 aromatic heterocycles. The van der Waals surface area contributed by atoms with Crippen molar-refractivity contribution >= 4 is 0 Å². The molecule has 1 aliphatic rings. The molecule has 0 amide bonds. The minimum Gasteiger partial charge on any atom is -0.369 e. The molecular formula is C12H15N5O. The van der Waals surface area contributed by atoms with Crippen LogP contribution in [0.2, 0.25) is 0 Å². The lowest BCUT2D eigenvalue weighted by atomic mass is 10.2. The van der Waals surface area contributed by atoms with Crippen molar-refractivity contribution < 1.29 is 4.74 Å². The van der Waals surface area contributed by atoms with Gasteiger partial charge in [-0.1, -0.05) is 5.21 Å². The molecule has 2 aromatic rings. The summed E-state index contributed by atoms with van der Waals surface area (Å²) in [6.07, 6.45) is 5.51. The molecule has 0 fully saturated rings. The van der Waals surface area contributed by atoms with Gasteiger partial charge in [-0.2, -0.15) is 0 Å². The first-order valence-corrected chi connectivity index (χ1v) is 6.00. The molecule has 0 saturated carbocycles. The van der Waals surface area contributed by atoms with Crippen LogP contribution in [0, 0.1) is 0 Å². The van der Waals surface area contributed by atoms with Crippen molar-refractivity contribution in [3.05, 3.63) is 42.0 Å². The van der Waals surface area contributed by atoms with E-state index in [-0.39, 0.29) is 6.10 Å². The van der Waals surface area contributed by atoms with Crippen LogP contribution in [-0.4, -0.2) is 32.6 Å². The Kier molecular flexibility index (Phi) is 3.29. The molecule has 94 valence electrons. The van der Waals surface area contributed by atoms with Gasteiger partial charge in [0.2, 0.25) is 0 Å². The van der Waals surface area contributed by atoms with Crippen molar-refractivity contribution in [2.75, 3.05) is 6.54 Å². The van der Waals surface area contributed by atoms with Gasteiger partial charge in [-0.25, -0.2) is 4.68 Å². The fraction of sp³-hybridized carbons (Fsp3) is 0.417. The summed E-state index contributed by atoms with van der Waals surface area (Å²) in [5, 5.41) is 11.3. The van der Waals surface area contributed by atoms with Gasteiger partial charge in [0.25, 0.3) is 0 Å². The molecule has 0 radical (unpaired) electrons. The first kappa shape index (κ1) is 11.3. The Morgan fingerprint density at radius 1 is 1.39 bits per heavy atom. The number of fused-ring (bicyclic) bond motifs is 1. The zero-order chi connectivity index (χ0) is 12.2. The molecule has 0 unspecified atom stereocenters. The Bertz CT molecular complexity index is 498. The Morgan fingerprint density at radius 2 is 2.28 bits per heavy atom. The van der Waals surface area contributed by atoms with E-state index in [1.165, 1.54) is 5.56 Å². The number of pyridine rings is 1. The molecule has 0 aliphatic carbocycles. The predicted molar refractivity (Wildman–Crippen MR) is 64.5 cm³/mol. The van der Waals surface area contributed by atoms with Gasteiger partial charge < -0.3 is 10.1 Å². The van der Waals surface area contributed by atoms with E-state index in [1.54, 1.807) is 18.6 Å². The maximum Gasteiger partial charge on any atom is 0.0906 e. The Labute approximate surface area is 105 Å². The summed E-state index contributed by atoms with van der Waals surface area (Å²) in [5.41, 5.74) is 2.27. The Balaban J connectivity index is 1.48. The number of aromatic nitrogens is 4. The lowest BCUT2D eigenvalue weighted by Crippen LogP contribution is -2.36. The highest BCUT2D eigenvalue weighted by molar-refractivity contribution is 5.09. The van der Waals surface area contributed by atoms with Gasteiger partial charge in [-0.15, -0.1) is 5.10 Å². The van der Waals surface area contributed by atoms with Gasteiger partial charge in [0.1, 0.15) is 0 Å². The van der Waals surface area contributed by atoms with Gasteiger partial charge in [0.15, 0.2) is 0 Å². The van der Waals surface area contributed by atoms with Crippen molar-refractivity contribution in [1.29, 1.82) is 0 Å². The summed E-state index contributed by atoms with van der Waals surface area (Å²) < 4.78 is 7.63. The zero-order valence-electron chi connectivity index (χ0n) is 9.99. The Hall–Kier alpha value is -1.79. The topological polar surface area (TPSA) is 64.9 Å². The summed E-state index contributed by atoms with van der Waals surface area (Å²) in [4.78, 5) is 3.99. The van der Waals surface area contributed by atoms with E-state index in [1.807, 2.05) is 16.8 Å². The average Bonchev–Trinajstić information content (AvgIpc) is 2.87. The second-order valence-electron chi connectivity index (χ2n) is 4.33. The van der Waals surface area contributed by atoms with Gasteiger partial charge in [-0.05, 0) is 17.7 Å². The van der Waals surface area contributed by atoms with E-state index in [0.29, 0.717) is 6.61 Å². The number of rotatable bonds is 4. The molecule has 1 N–H and O–H groups in total. The molecule has 3 rings (SSSR count). The molecule has 6 nitrogen and oxygen atoms in total. The van der Waals surface area contributed by atoms with Crippen LogP contribution in [0.4, 0.5) is 0 Å². The molecule has 18 heavy (non-hydrogen) atoms. The smallest absolute Gasteiger partial charge is 0.0906 e. The molecule has 0 aromatic carbocycles. The van der Waals surface area contributed by atoms with Gasteiger partial charge in [-0.3, -0.25) is 4.98 Å². The third-order valence-electron chi connectivity index (χ3n) is 2.99. The molecule has 6 heteroatoms. The molecule has 3 heterocycles. The average molecular weight is 245 g/mol. The first-order chi connectivity index (χ1) is 8.92. The van der Waals surface area contributed by atoms with Gasteiger partial charge in [0, 0.05) is 25.5 Å². The van der Waals surface area contributed by atoms with E-state index >= 15 is 0 Å². The maximum absolute atomic E-state index is 5.73. The summed E-state index contributed by atoms with van der Waals surface area (Å²) in [6, 6.07) is 4.01. The molecule has 0 bridgehead atoms. The summed E-state index contributed by atoms with van der Waals surface area (Å²) in [5.74, 6) is 0. The number of ether oxygens (including phenoxy) is 1. The number of nitrogens with zero attached hydrogens (tertiary/aromatic N) is 4. The van der Waals surface area contributed by atoms with Crippen molar-refractivity contribution in [3.63, 3.8) is 0 Å². The maximum atomic E-state index is 5.73. The highest BCUT2D eigenvalue weighted by atomic mass is 16.5. The van der Waals surface area contributed by atoms with E-state index in [2.05, 4.69) is 20.6 Å². The monoisotopic (exact) mass is 245 g/mol. The standard InChI is InChI=1S/C12H15N5O/c1-3-13-4-2-10(1)5-14-7-12-8-17-11(9-18-12)6-15-16-17/h1-4,6,12,14H,5,7-9H2/t12-/m1/s1. The zero-order valence-corrected chi connectivity index (χ0v) is 9.99. The van der Waals surface area contributed by atoms with Crippen LogP contribution in [0.1, 0.15) is 11.3 Å². The number of hydrogen-bond acceptors (Lipinski definition) is 5. The highest BCUT2D eigenvalue weighted by Crippen LogP contribution is 2.10. The second kappa shape index (κ2) is 5.24. The quantitative estimate of drug-likeness (QED) is 0.842. The molecule has 1 aliphatic heterocycles. The fourth-order valence-corrected chi connectivity index (χ4v) is 1.99. The largest absolute Gasteiger partial charge is 0.369 e. The molecule has 1 atom stereocenters. The molecular weight excluding hydrogens is 230 g/mol. The van der Waals surface area contributed by atoms with Crippen LogP contribution in [0.25, 0.3) is 0 Å². The minimum atomic E-state index is 0.154. The SMILES string of the molecule is c1cc(CNC[C@@H]2Cn3nncc3CO2)ccn1. The van der Waals surface area contributed by atoms with Crippen molar-refractivity contribution in [1.82, 2.24) is 25.3 Å². The Morgan fingerprint density at radius 3 is 3.17 bits per heavy atom. The van der Waals surface area contributed by atoms with Gasteiger partial charge >= 0.3 is 0 Å². The van der Waals surface area contributed by atoms with Crippen LogP contribution in [-0.2, 0) is 24.4 Å². The number of nitrogens with one attached hydrogen (secondary N) is 1. The normalized spacial score (nSPS) is 18.6. The van der Waals surface area contributed by atoms with Crippen LogP contribution in [0.5, 0.6) is 0 Å². The number of hydrogen-bond donors (Lipinski definition) is 1.